The molecule has 2 aromatic rings. The first kappa shape index (κ1) is 31.7. The molecule has 41 heavy (non-hydrogen) atoms. The third-order valence-corrected chi connectivity index (χ3v) is 6.31. The van der Waals surface area contributed by atoms with Crippen LogP contribution in [0.2, 0.25) is 0 Å². The quantitative estimate of drug-likeness (QED) is 0.315. The van der Waals surface area contributed by atoms with Gasteiger partial charge in [-0.15, -0.1) is 0 Å². The summed E-state index contributed by atoms with van der Waals surface area (Å²) in [6.45, 7) is 12.8. The number of hydrogen-bond acceptors (Lipinski definition) is 6. The Morgan fingerprint density at radius 2 is 1.49 bits per heavy atom. The molecule has 0 aliphatic carbocycles. The molecule has 1 aliphatic heterocycles. The van der Waals surface area contributed by atoms with Crippen LogP contribution in [0, 0.1) is 5.82 Å². The van der Waals surface area contributed by atoms with E-state index in [4.69, 9.17) is 9.47 Å². The summed E-state index contributed by atoms with van der Waals surface area (Å²) in [6.07, 6.45) is 0.449. The van der Waals surface area contributed by atoms with Gasteiger partial charge in [0, 0.05) is 30.7 Å². The average molecular weight is 571 g/mol. The fraction of sp³-hybridized carbons (Fsp3) is 0.516. The third kappa shape index (κ3) is 10.6. The largest absolute Gasteiger partial charge is 0.444 e. The maximum absolute atomic E-state index is 13.3. The van der Waals surface area contributed by atoms with E-state index in [1.807, 2.05) is 25.1 Å². The van der Waals surface area contributed by atoms with Gasteiger partial charge in [0.1, 0.15) is 23.1 Å². The molecule has 0 spiro atoms. The Balaban J connectivity index is 1.57. The van der Waals surface area contributed by atoms with Crippen LogP contribution in [0.1, 0.15) is 66.9 Å². The van der Waals surface area contributed by atoms with Crippen molar-refractivity contribution < 1.29 is 28.2 Å². The number of carbonyl (C=O) groups is 3. The maximum Gasteiger partial charge on any atom is 0.407 e. The van der Waals surface area contributed by atoms with Gasteiger partial charge in [0.15, 0.2) is 0 Å². The number of amides is 3. The van der Waals surface area contributed by atoms with Gasteiger partial charge < -0.3 is 30.7 Å². The van der Waals surface area contributed by atoms with Crippen LogP contribution in [-0.2, 0) is 20.7 Å². The van der Waals surface area contributed by atoms with E-state index in [9.17, 15) is 18.8 Å². The number of benzene rings is 2. The van der Waals surface area contributed by atoms with E-state index in [0.717, 1.165) is 22.4 Å². The number of nitrogens with one attached hydrogen (secondary N) is 4. The lowest BCUT2D eigenvalue weighted by Gasteiger charge is -2.26. The minimum atomic E-state index is -0.671. The number of fused-ring (bicyclic) bond motifs is 1. The molecule has 10 heteroatoms. The zero-order valence-corrected chi connectivity index (χ0v) is 25.0. The predicted molar refractivity (Wildman–Crippen MR) is 157 cm³/mol. The summed E-state index contributed by atoms with van der Waals surface area (Å²) in [5.74, 6) is -0.488. The Kier molecular flexibility index (Phi) is 10.2. The van der Waals surface area contributed by atoms with Gasteiger partial charge in [0.25, 0.3) is 0 Å². The van der Waals surface area contributed by atoms with Gasteiger partial charge in [-0.25, -0.2) is 14.0 Å². The van der Waals surface area contributed by atoms with Crippen molar-refractivity contribution in [2.75, 3.05) is 11.9 Å². The zero-order chi connectivity index (χ0) is 30.4. The second-order valence-electron chi connectivity index (χ2n) is 12.5. The number of carbonyl (C=O) groups excluding carboxylic acids is 3. The lowest BCUT2D eigenvalue weighted by molar-refractivity contribution is -0.121. The molecule has 9 nitrogen and oxygen atoms in total. The van der Waals surface area contributed by atoms with Crippen LogP contribution in [0.5, 0.6) is 0 Å². The molecule has 0 bridgehead atoms. The van der Waals surface area contributed by atoms with Crippen LogP contribution < -0.4 is 21.3 Å². The third-order valence-electron chi connectivity index (χ3n) is 6.31. The summed E-state index contributed by atoms with van der Waals surface area (Å²) in [7, 11) is 0. The Morgan fingerprint density at radius 3 is 2.10 bits per heavy atom. The molecule has 3 rings (SSSR count). The predicted octanol–water partition coefficient (Wildman–Crippen LogP) is 5.53. The van der Waals surface area contributed by atoms with Gasteiger partial charge in [-0.1, -0.05) is 24.3 Å². The van der Waals surface area contributed by atoms with Crippen molar-refractivity contribution in [3.05, 3.63) is 53.8 Å². The molecule has 2 aromatic carbocycles. The number of ether oxygens (including phenoxy) is 2. The number of rotatable bonds is 9. The first-order valence-electron chi connectivity index (χ1n) is 14.0. The van der Waals surface area contributed by atoms with E-state index in [1.165, 1.54) is 12.1 Å². The SMILES string of the molecule is CC(CC[C@@H](CNC(=O)C1Cc2ccc(-c3ccc(F)cc3)cc2N1)NC(=O)OC(C)(C)C)NC(=O)OC(C)(C)C. The van der Waals surface area contributed by atoms with Crippen LogP contribution >= 0.6 is 0 Å². The molecule has 1 heterocycles. The van der Waals surface area contributed by atoms with Crippen LogP contribution in [0.15, 0.2) is 42.5 Å². The Morgan fingerprint density at radius 1 is 0.902 bits per heavy atom. The molecule has 4 N–H and O–H groups in total. The zero-order valence-electron chi connectivity index (χ0n) is 25.0. The van der Waals surface area contributed by atoms with Crippen molar-refractivity contribution in [1.82, 2.24) is 16.0 Å². The molecule has 1 aliphatic rings. The summed E-state index contributed by atoms with van der Waals surface area (Å²) in [5.41, 5.74) is 2.41. The number of anilines is 1. The molecule has 3 atom stereocenters. The van der Waals surface area contributed by atoms with E-state index in [2.05, 4.69) is 21.3 Å². The van der Waals surface area contributed by atoms with Crippen LogP contribution in [0.25, 0.3) is 11.1 Å². The van der Waals surface area contributed by atoms with Crippen molar-refractivity contribution in [1.29, 1.82) is 0 Å². The molecule has 224 valence electrons. The van der Waals surface area contributed by atoms with E-state index in [-0.39, 0.29) is 24.3 Å². The van der Waals surface area contributed by atoms with E-state index in [0.29, 0.717) is 19.3 Å². The maximum atomic E-state index is 13.3. The molecule has 0 fully saturated rings. The first-order chi connectivity index (χ1) is 19.1. The van der Waals surface area contributed by atoms with Crippen LogP contribution in [0.3, 0.4) is 0 Å². The standard InChI is InChI=1S/C31H43FN4O5/c1-19(34-28(38)40-30(2,3)4)8-15-24(35-29(39)41-31(5,6)7)18-33-27(37)26-17-22-10-9-21(16-25(22)36-26)20-11-13-23(32)14-12-20/h9-14,16,19,24,26,36H,8,15,17-18H2,1-7H3,(H,33,37)(H,34,38)(H,35,39)/t19?,24-,26?/m0/s1. The van der Waals surface area contributed by atoms with Crippen LogP contribution in [0.4, 0.5) is 19.7 Å². The molecule has 0 aromatic heterocycles. The minimum Gasteiger partial charge on any atom is -0.444 e. The van der Waals surface area contributed by atoms with Gasteiger partial charge in [-0.05, 0) is 96.2 Å². The monoisotopic (exact) mass is 570 g/mol. The highest BCUT2D eigenvalue weighted by atomic mass is 19.1. The van der Waals surface area contributed by atoms with Gasteiger partial charge >= 0.3 is 12.2 Å². The molecular weight excluding hydrogens is 527 g/mol. The van der Waals surface area contributed by atoms with E-state index < -0.39 is 35.5 Å². The van der Waals surface area contributed by atoms with Crippen LogP contribution in [-0.4, -0.2) is 54.0 Å². The molecule has 3 amide bonds. The summed E-state index contributed by atoms with van der Waals surface area (Å²) in [5, 5.41) is 11.9. The average Bonchev–Trinajstić information content (AvgIpc) is 3.27. The number of alkyl carbamates (subject to hydrolysis) is 2. The van der Waals surface area contributed by atoms with Gasteiger partial charge in [-0.3, -0.25) is 4.79 Å². The molecular formula is C31H43FN4O5. The lowest BCUT2D eigenvalue weighted by Crippen LogP contribution is -2.48. The van der Waals surface area contributed by atoms with E-state index >= 15 is 0 Å². The fourth-order valence-electron chi connectivity index (χ4n) is 4.41. The molecule has 0 saturated heterocycles. The Bertz CT molecular complexity index is 1220. The van der Waals surface area contributed by atoms with Gasteiger partial charge in [0.2, 0.25) is 5.91 Å². The van der Waals surface area contributed by atoms with Gasteiger partial charge in [0.05, 0.1) is 0 Å². The first-order valence-corrected chi connectivity index (χ1v) is 14.0. The van der Waals surface area contributed by atoms with E-state index in [1.54, 1.807) is 53.7 Å². The molecule has 0 saturated carbocycles. The number of halogens is 1. The minimum absolute atomic E-state index is 0.187. The second-order valence-corrected chi connectivity index (χ2v) is 12.5. The Hall–Kier alpha value is -3.82. The highest BCUT2D eigenvalue weighted by Gasteiger charge is 2.28. The van der Waals surface area contributed by atoms with Gasteiger partial charge in [-0.2, -0.15) is 0 Å². The number of hydrogen-bond donors (Lipinski definition) is 4. The van der Waals surface area contributed by atoms with Crippen molar-refractivity contribution in [2.45, 2.75) is 97.1 Å². The second kappa shape index (κ2) is 13.2. The fourth-order valence-corrected chi connectivity index (χ4v) is 4.41. The topological polar surface area (TPSA) is 118 Å². The smallest absolute Gasteiger partial charge is 0.407 e. The van der Waals surface area contributed by atoms with Crippen molar-refractivity contribution >= 4 is 23.8 Å². The highest BCUT2D eigenvalue weighted by Crippen LogP contribution is 2.31. The lowest BCUT2D eigenvalue weighted by atomic mass is 10.0. The highest BCUT2D eigenvalue weighted by molar-refractivity contribution is 5.88. The molecule has 0 radical (unpaired) electrons. The van der Waals surface area contributed by atoms with Crippen molar-refractivity contribution in [3.8, 4) is 11.1 Å². The van der Waals surface area contributed by atoms with Crippen molar-refractivity contribution in [3.63, 3.8) is 0 Å². The van der Waals surface area contributed by atoms with Crippen molar-refractivity contribution in [2.24, 2.45) is 0 Å². The Labute approximate surface area is 241 Å². The molecule has 2 unspecified atom stereocenters. The summed E-state index contributed by atoms with van der Waals surface area (Å²) < 4.78 is 24.0. The normalized spacial score (nSPS) is 16.0. The summed E-state index contributed by atoms with van der Waals surface area (Å²) in [6, 6.07) is 11.1. The summed E-state index contributed by atoms with van der Waals surface area (Å²) in [4.78, 5) is 37.7. The summed E-state index contributed by atoms with van der Waals surface area (Å²) >= 11 is 0.